The molecule has 0 bridgehead atoms. The first-order valence-corrected chi connectivity index (χ1v) is 8.66. The standard InChI is InChI=1S/C12H25NO2S2/c1-10-9-17(14,15)6-5-13(10)7-11(8-16)12(2,3)4/h10-11,16H,5-9H2,1-4H3. The Morgan fingerprint density at radius 3 is 2.41 bits per heavy atom. The Morgan fingerprint density at radius 1 is 1.41 bits per heavy atom. The van der Waals surface area contributed by atoms with E-state index >= 15 is 0 Å². The van der Waals surface area contributed by atoms with Crippen molar-refractivity contribution in [2.45, 2.75) is 33.7 Å². The number of hydrogen-bond acceptors (Lipinski definition) is 4. The molecule has 102 valence electrons. The predicted octanol–water partition coefficient (Wildman–Crippen LogP) is 1.70. The van der Waals surface area contributed by atoms with Gasteiger partial charge in [0.15, 0.2) is 9.84 Å². The van der Waals surface area contributed by atoms with Crippen LogP contribution >= 0.6 is 12.6 Å². The van der Waals surface area contributed by atoms with Gasteiger partial charge in [-0.1, -0.05) is 20.8 Å². The molecule has 1 aliphatic rings. The number of sulfone groups is 1. The number of thiol groups is 1. The van der Waals surface area contributed by atoms with E-state index in [2.05, 4.69) is 38.3 Å². The van der Waals surface area contributed by atoms with E-state index in [4.69, 9.17) is 0 Å². The van der Waals surface area contributed by atoms with Crippen molar-refractivity contribution in [2.24, 2.45) is 11.3 Å². The summed E-state index contributed by atoms with van der Waals surface area (Å²) in [6.45, 7) is 10.3. The second-order valence-corrected chi connectivity index (χ2v) is 8.80. The van der Waals surface area contributed by atoms with Crippen LogP contribution < -0.4 is 0 Å². The van der Waals surface area contributed by atoms with E-state index in [1.807, 2.05) is 6.92 Å². The average Bonchev–Trinajstić information content (AvgIpc) is 2.13. The van der Waals surface area contributed by atoms with E-state index in [0.717, 1.165) is 12.3 Å². The van der Waals surface area contributed by atoms with Crippen molar-refractivity contribution >= 4 is 22.5 Å². The maximum atomic E-state index is 11.5. The van der Waals surface area contributed by atoms with Crippen LogP contribution in [0.4, 0.5) is 0 Å². The molecule has 0 aliphatic carbocycles. The average molecular weight is 279 g/mol. The summed E-state index contributed by atoms with van der Waals surface area (Å²) in [5.74, 6) is 1.95. The molecular formula is C12H25NO2S2. The van der Waals surface area contributed by atoms with Gasteiger partial charge in [0.1, 0.15) is 0 Å². The lowest BCUT2D eigenvalue weighted by Gasteiger charge is -2.39. The Hall–Kier alpha value is 0.260. The quantitative estimate of drug-likeness (QED) is 0.799. The molecule has 17 heavy (non-hydrogen) atoms. The molecule has 5 heteroatoms. The summed E-state index contributed by atoms with van der Waals surface area (Å²) in [5, 5.41) is 0. The van der Waals surface area contributed by atoms with Crippen LogP contribution in [0.1, 0.15) is 27.7 Å². The van der Waals surface area contributed by atoms with Gasteiger partial charge in [-0.25, -0.2) is 8.42 Å². The molecule has 0 aromatic carbocycles. The van der Waals surface area contributed by atoms with Crippen molar-refractivity contribution in [1.29, 1.82) is 0 Å². The molecule has 3 nitrogen and oxygen atoms in total. The van der Waals surface area contributed by atoms with Gasteiger partial charge in [-0.15, -0.1) is 0 Å². The Bertz CT molecular complexity index is 346. The zero-order valence-corrected chi connectivity index (χ0v) is 13.0. The molecule has 1 rings (SSSR count). The maximum Gasteiger partial charge on any atom is 0.153 e. The molecule has 1 saturated heterocycles. The van der Waals surface area contributed by atoms with E-state index in [1.165, 1.54) is 0 Å². The lowest BCUT2D eigenvalue weighted by Crippen LogP contribution is -2.50. The van der Waals surface area contributed by atoms with E-state index in [1.54, 1.807) is 0 Å². The molecule has 2 unspecified atom stereocenters. The second-order valence-electron chi connectivity index (χ2n) is 6.20. The molecule has 0 spiro atoms. The Labute approximate surface area is 111 Å². The first-order valence-electron chi connectivity index (χ1n) is 6.21. The molecule has 1 fully saturated rings. The van der Waals surface area contributed by atoms with E-state index in [9.17, 15) is 8.42 Å². The largest absolute Gasteiger partial charge is 0.298 e. The van der Waals surface area contributed by atoms with Crippen LogP contribution in [0.15, 0.2) is 0 Å². The highest BCUT2D eigenvalue weighted by atomic mass is 32.2. The van der Waals surface area contributed by atoms with E-state index in [0.29, 0.717) is 24.0 Å². The lowest BCUT2D eigenvalue weighted by molar-refractivity contribution is 0.141. The molecule has 0 aromatic rings. The van der Waals surface area contributed by atoms with Crippen LogP contribution in [-0.4, -0.2) is 49.7 Å². The van der Waals surface area contributed by atoms with Crippen molar-refractivity contribution in [3.05, 3.63) is 0 Å². The second kappa shape index (κ2) is 5.49. The summed E-state index contributed by atoms with van der Waals surface area (Å²) in [6, 6.07) is 0.137. The predicted molar refractivity (Wildman–Crippen MR) is 76.5 cm³/mol. The maximum absolute atomic E-state index is 11.5. The van der Waals surface area contributed by atoms with Crippen LogP contribution in [0.5, 0.6) is 0 Å². The normalized spacial score (nSPS) is 27.9. The minimum absolute atomic E-state index is 0.137. The molecule has 0 aromatic heterocycles. The van der Waals surface area contributed by atoms with E-state index < -0.39 is 9.84 Å². The highest BCUT2D eigenvalue weighted by Gasteiger charge is 2.32. The first kappa shape index (κ1) is 15.3. The van der Waals surface area contributed by atoms with Gasteiger partial charge in [0.05, 0.1) is 11.5 Å². The highest BCUT2D eigenvalue weighted by Crippen LogP contribution is 2.28. The van der Waals surface area contributed by atoms with Crippen LogP contribution in [0.25, 0.3) is 0 Å². The zero-order chi connectivity index (χ0) is 13.3. The third-order valence-corrected chi connectivity index (χ3v) is 5.94. The molecule has 0 radical (unpaired) electrons. The Balaban J connectivity index is 2.64. The van der Waals surface area contributed by atoms with Gasteiger partial charge in [0.25, 0.3) is 0 Å². The fourth-order valence-electron chi connectivity index (χ4n) is 2.19. The Morgan fingerprint density at radius 2 is 2.00 bits per heavy atom. The molecule has 1 heterocycles. The monoisotopic (exact) mass is 279 g/mol. The SMILES string of the molecule is CC1CS(=O)(=O)CCN1CC(CS)C(C)(C)C. The summed E-state index contributed by atoms with van der Waals surface area (Å²) in [4.78, 5) is 2.30. The lowest BCUT2D eigenvalue weighted by atomic mass is 9.81. The number of rotatable bonds is 3. The minimum Gasteiger partial charge on any atom is -0.298 e. The van der Waals surface area contributed by atoms with Crippen molar-refractivity contribution in [3.63, 3.8) is 0 Å². The van der Waals surface area contributed by atoms with Gasteiger partial charge in [-0.2, -0.15) is 12.6 Å². The van der Waals surface area contributed by atoms with Gasteiger partial charge in [0.2, 0.25) is 0 Å². The van der Waals surface area contributed by atoms with Gasteiger partial charge in [0, 0.05) is 19.1 Å². The number of hydrogen-bond donors (Lipinski definition) is 1. The molecule has 0 amide bonds. The molecular weight excluding hydrogens is 254 g/mol. The molecule has 1 aliphatic heterocycles. The fraction of sp³-hybridized carbons (Fsp3) is 1.00. The van der Waals surface area contributed by atoms with Gasteiger partial charge < -0.3 is 0 Å². The van der Waals surface area contributed by atoms with Crippen LogP contribution in [0.2, 0.25) is 0 Å². The van der Waals surface area contributed by atoms with Crippen molar-refractivity contribution in [2.75, 3.05) is 30.3 Å². The zero-order valence-electron chi connectivity index (χ0n) is 11.3. The van der Waals surface area contributed by atoms with Crippen LogP contribution in [0.3, 0.4) is 0 Å². The van der Waals surface area contributed by atoms with Gasteiger partial charge >= 0.3 is 0 Å². The smallest absolute Gasteiger partial charge is 0.153 e. The van der Waals surface area contributed by atoms with E-state index in [-0.39, 0.29) is 11.5 Å². The van der Waals surface area contributed by atoms with Crippen molar-refractivity contribution in [1.82, 2.24) is 4.90 Å². The third kappa shape index (κ3) is 4.45. The summed E-state index contributed by atoms with van der Waals surface area (Å²) in [6.07, 6.45) is 0. The first-order chi connectivity index (χ1) is 7.65. The summed E-state index contributed by atoms with van der Waals surface area (Å²) in [7, 11) is -2.80. The summed E-state index contributed by atoms with van der Waals surface area (Å²) in [5.41, 5.74) is 0.220. The van der Waals surface area contributed by atoms with Crippen molar-refractivity contribution < 1.29 is 8.42 Å². The minimum atomic E-state index is -2.80. The topological polar surface area (TPSA) is 37.4 Å². The highest BCUT2D eigenvalue weighted by molar-refractivity contribution is 7.91. The molecule has 2 atom stereocenters. The van der Waals surface area contributed by atoms with Gasteiger partial charge in [-0.3, -0.25) is 4.90 Å². The molecule has 0 saturated carbocycles. The van der Waals surface area contributed by atoms with Crippen LogP contribution in [-0.2, 0) is 9.84 Å². The summed E-state index contributed by atoms with van der Waals surface area (Å²) >= 11 is 4.43. The fourth-order valence-corrected chi connectivity index (χ4v) is 4.48. The van der Waals surface area contributed by atoms with Gasteiger partial charge in [-0.05, 0) is 24.0 Å². The summed E-state index contributed by atoms with van der Waals surface area (Å²) < 4.78 is 23.0. The number of nitrogens with zero attached hydrogens (tertiary/aromatic N) is 1. The third-order valence-electron chi connectivity index (χ3n) is 3.71. The van der Waals surface area contributed by atoms with Crippen LogP contribution in [0, 0.1) is 11.3 Å². The molecule has 0 N–H and O–H groups in total. The Kier molecular flexibility index (Phi) is 4.95. The van der Waals surface area contributed by atoms with Crippen molar-refractivity contribution in [3.8, 4) is 0 Å².